The lowest BCUT2D eigenvalue weighted by Crippen LogP contribution is -2.58. The smallest absolute Gasteiger partial charge is 0.277 e. The van der Waals surface area contributed by atoms with Gasteiger partial charge in [0.2, 0.25) is 17.6 Å². The minimum absolute atomic E-state index is 0.00995. The van der Waals surface area contributed by atoms with E-state index in [2.05, 4.69) is 10.5 Å². The summed E-state index contributed by atoms with van der Waals surface area (Å²) in [6.45, 7) is 1.34. The highest BCUT2D eigenvalue weighted by Crippen LogP contribution is 2.21. The molecule has 1 N–H and O–H groups in total. The van der Waals surface area contributed by atoms with Crippen molar-refractivity contribution in [1.29, 1.82) is 0 Å². The van der Waals surface area contributed by atoms with Gasteiger partial charge in [-0.1, -0.05) is 5.16 Å². The van der Waals surface area contributed by atoms with Crippen LogP contribution < -0.4 is 5.32 Å². The molecule has 3 rings (SSSR count). The summed E-state index contributed by atoms with van der Waals surface area (Å²) in [7, 11) is 0. The summed E-state index contributed by atoms with van der Waals surface area (Å²) >= 11 is 0. The Morgan fingerprint density at radius 2 is 2.24 bits per heavy atom. The van der Waals surface area contributed by atoms with Crippen LogP contribution in [0.4, 0.5) is 0 Å². The highest BCUT2D eigenvalue weighted by molar-refractivity contribution is 6.06. The van der Waals surface area contributed by atoms with Gasteiger partial charge < -0.3 is 13.8 Å². The van der Waals surface area contributed by atoms with Crippen molar-refractivity contribution in [2.75, 3.05) is 6.54 Å². The number of hydrogen-bond donors (Lipinski definition) is 1. The van der Waals surface area contributed by atoms with E-state index in [1.165, 1.54) is 19.3 Å². The number of rotatable bonds is 2. The molecule has 0 bridgehead atoms. The van der Waals surface area contributed by atoms with Gasteiger partial charge >= 0.3 is 0 Å². The maximum atomic E-state index is 12.3. The molecule has 0 aliphatic carbocycles. The van der Waals surface area contributed by atoms with Crippen molar-refractivity contribution in [2.45, 2.75) is 13.0 Å². The van der Waals surface area contributed by atoms with Crippen molar-refractivity contribution in [1.82, 2.24) is 15.4 Å². The molecular formula is C13H11N3O5. The number of imide groups is 1. The summed E-state index contributed by atoms with van der Waals surface area (Å²) in [5.74, 6) is -0.867. The molecule has 2 aromatic heterocycles. The fourth-order valence-corrected chi connectivity index (χ4v) is 2.02. The zero-order valence-electron chi connectivity index (χ0n) is 11.0. The quantitative estimate of drug-likeness (QED) is 0.803. The van der Waals surface area contributed by atoms with Crippen LogP contribution in [0.5, 0.6) is 0 Å². The highest BCUT2D eigenvalue weighted by atomic mass is 16.5. The van der Waals surface area contributed by atoms with Crippen molar-refractivity contribution >= 4 is 17.7 Å². The van der Waals surface area contributed by atoms with Crippen molar-refractivity contribution in [3.8, 4) is 11.5 Å². The second kappa shape index (κ2) is 4.89. The first-order valence-electron chi connectivity index (χ1n) is 6.21. The maximum absolute atomic E-state index is 12.3. The molecule has 1 aliphatic rings. The molecule has 0 aromatic carbocycles. The average molecular weight is 289 g/mol. The number of amides is 3. The summed E-state index contributed by atoms with van der Waals surface area (Å²) < 4.78 is 10.2. The van der Waals surface area contributed by atoms with Crippen molar-refractivity contribution in [3.05, 3.63) is 30.2 Å². The Hall–Kier alpha value is -2.90. The number of furan rings is 1. The fraction of sp³-hybridized carbons (Fsp3) is 0.231. The zero-order valence-corrected chi connectivity index (χ0v) is 11.0. The highest BCUT2D eigenvalue weighted by Gasteiger charge is 2.35. The molecule has 0 radical (unpaired) electrons. The molecule has 21 heavy (non-hydrogen) atoms. The van der Waals surface area contributed by atoms with Gasteiger partial charge in [0.15, 0.2) is 11.5 Å². The number of piperazine rings is 1. The SMILES string of the molecule is CC1C(=O)NC(=O)CN1C(=O)c1cc(-c2ccco2)on1. The van der Waals surface area contributed by atoms with E-state index in [0.29, 0.717) is 11.5 Å². The molecule has 8 nitrogen and oxygen atoms in total. The molecule has 2 aromatic rings. The minimum Gasteiger partial charge on any atom is -0.461 e. The van der Waals surface area contributed by atoms with Gasteiger partial charge in [0, 0.05) is 6.07 Å². The van der Waals surface area contributed by atoms with Crippen LogP contribution in [0.1, 0.15) is 17.4 Å². The fourth-order valence-electron chi connectivity index (χ4n) is 2.02. The lowest BCUT2D eigenvalue weighted by Gasteiger charge is -2.30. The number of carbonyl (C=O) groups excluding carboxylic acids is 3. The summed E-state index contributed by atoms with van der Waals surface area (Å²) in [6, 6.07) is 3.99. The topological polar surface area (TPSA) is 106 Å². The van der Waals surface area contributed by atoms with E-state index < -0.39 is 23.8 Å². The lowest BCUT2D eigenvalue weighted by atomic mass is 10.2. The number of hydrogen-bond acceptors (Lipinski definition) is 6. The second-order valence-electron chi connectivity index (χ2n) is 4.58. The molecule has 1 aliphatic heterocycles. The zero-order chi connectivity index (χ0) is 15.0. The van der Waals surface area contributed by atoms with E-state index in [-0.39, 0.29) is 12.2 Å². The first kappa shape index (κ1) is 13.1. The Morgan fingerprint density at radius 3 is 2.95 bits per heavy atom. The summed E-state index contributed by atoms with van der Waals surface area (Å²) in [6.07, 6.45) is 1.47. The number of nitrogens with one attached hydrogen (secondary N) is 1. The molecule has 0 spiro atoms. The maximum Gasteiger partial charge on any atom is 0.277 e. The van der Waals surface area contributed by atoms with Crippen molar-refractivity contribution in [3.63, 3.8) is 0 Å². The van der Waals surface area contributed by atoms with E-state index in [1.807, 2.05) is 0 Å². The van der Waals surface area contributed by atoms with Crippen LogP contribution in [0.2, 0.25) is 0 Å². The Morgan fingerprint density at radius 1 is 1.43 bits per heavy atom. The van der Waals surface area contributed by atoms with Gasteiger partial charge in [-0.15, -0.1) is 0 Å². The molecule has 108 valence electrons. The molecule has 1 fully saturated rings. The van der Waals surface area contributed by atoms with Crippen LogP contribution in [0.25, 0.3) is 11.5 Å². The summed E-state index contributed by atoms with van der Waals surface area (Å²) in [5.41, 5.74) is 0.00995. The van der Waals surface area contributed by atoms with Gasteiger partial charge in [0.05, 0.1) is 6.26 Å². The summed E-state index contributed by atoms with van der Waals surface area (Å²) in [4.78, 5) is 36.4. The van der Waals surface area contributed by atoms with Gasteiger partial charge in [-0.2, -0.15) is 0 Å². The Kier molecular flexibility index (Phi) is 3.05. The molecule has 1 unspecified atom stereocenters. The Bertz CT molecular complexity index is 703. The molecule has 8 heteroatoms. The average Bonchev–Trinajstić information content (AvgIpc) is 3.11. The Labute approximate surface area is 118 Å². The van der Waals surface area contributed by atoms with Gasteiger partial charge in [-0.25, -0.2) is 0 Å². The van der Waals surface area contributed by atoms with Gasteiger partial charge in [0.25, 0.3) is 5.91 Å². The van der Waals surface area contributed by atoms with E-state index in [0.717, 1.165) is 4.90 Å². The monoisotopic (exact) mass is 289 g/mol. The van der Waals surface area contributed by atoms with Crippen LogP contribution in [-0.4, -0.2) is 40.4 Å². The van der Waals surface area contributed by atoms with Crippen LogP contribution in [0, 0.1) is 0 Å². The minimum atomic E-state index is -0.751. The standard InChI is InChI=1S/C13H11N3O5/c1-7-12(18)14-11(17)6-16(7)13(19)8-5-10(21-15-8)9-3-2-4-20-9/h2-5,7H,6H2,1H3,(H,14,17,18). The largest absolute Gasteiger partial charge is 0.461 e. The molecule has 1 atom stereocenters. The van der Waals surface area contributed by atoms with Crippen molar-refractivity contribution in [2.24, 2.45) is 0 Å². The summed E-state index contributed by atoms with van der Waals surface area (Å²) in [5, 5.41) is 5.82. The normalized spacial score (nSPS) is 18.7. The predicted octanol–water partition coefficient (Wildman–Crippen LogP) is 0.422. The third-order valence-corrected chi connectivity index (χ3v) is 3.18. The van der Waals surface area contributed by atoms with E-state index in [1.54, 1.807) is 12.1 Å². The predicted molar refractivity (Wildman–Crippen MR) is 67.9 cm³/mol. The van der Waals surface area contributed by atoms with Crippen molar-refractivity contribution < 1.29 is 23.3 Å². The lowest BCUT2D eigenvalue weighted by molar-refractivity contribution is -0.138. The first-order chi connectivity index (χ1) is 10.1. The van der Waals surface area contributed by atoms with Gasteiger partial charge in [0.1, 0.15) is 12.6 Å². The number of nitrogens with zero attached hydrogens (tertiary/aromatic N) is 2. The third-order valence-electron chi connectivity index (χ3n) is 3.18. The van der Waals surface area contributed by atoms with Gasteiger partial charge in [-0.05, 0) is 19.1 Å². The number of aromatic nitrogens is 1. The third kappa shape index (κ3) is 2.31. The van der Waals surface area contributed by atoms with E-state index >= 15 is 0 Å². The van der Waals surface area contributed by atoms with Crippen LogP contribution in [-0.2, 0) is 9.59 Å². The molecule has 3 amide bonds. The molecular weight excluding hydrogens is 278 g/mol. The second-order valence-corrected chi connectivity index (χ2v) is 4.58. The molecule has 3 heterocycles. The van der Waals surface area contributed by atoms with E-state index in [9.17, 15) is 14.4 Å². The van der Waals surface area contributed by atoms with Crippen LogP contribution in [0.15, 0.2) is 33.4 Å². The Balaban J connectivity index is 1.85. The molecule has 0 saturated carbocycles. The van der Waals surface area contributed by atoms with Crippen LogP contribution >= 0.6 is 0 Å². The molecule has 1 saturated heterocycles. The number of carbonyl (C=O) groups is 3. The first-order valence-corrected chi connectivity index (χ1v) is 6.21. The van der Waals surface area contributed by atoms with Gasteiger partial charge in [-0.3, -0.25) is 19.7 Å². The van der Waals surface area contributed by atoms with Crippen LogP contribution in [0.3, 0.4) is 0 Å². The van der Waals surface area contributed by atoms with E-state index in [4.69, 9.17) is 8.94 Å².